The molecule has 0 aliphatic carbocycles. The number of hydrogen-bond donors (Lipinski definition) is 1. The Balaban J connectivity index is 2.86. The molecule has 3 nitrogen and oxygen atoms in total. The molecule has 100 valence electrons. The highest BCUT2D eigenvalue weighted by Crippen LogP contribution is 2.31. The van der Waals surface area contributed by atoms with Gasteiger partial charge in [-0.3, -0.25) is 9.69 Å². The molecular weight excluding hydrogens is 214 g/mol. The predicted octanol–water partition coefficient (Wildman–Crippen LogP) is 2.85. The van der Waals surface area contributed by atoms with Gasteiger partial charge in [0.2, 0.25) is 0 Å². The third-order valence-electron chi connectivity index (χ3n) is 3.83. The van der Waals surface area contributed by atoms with Crippen molar-refractivity contribution in [3.05, 3.63) is 0 Å². The molecule has 0 spiro atoms. The lowest BCUT2D eigenvalue weighted by Gasteiger charge is -2.45. The number of piperidine rings is 1. The number of likely N-dealkylation sites (tertiary alicyclic amines) is 1. The second-order valence-electron chi connectivity index (χ2n) is 6.53. The van der Waals surface area contributed by atoms with Crippen LogP contribution in [0.15, 0.2) is 0 Å². The summed E-state index contributed by atoms with van der Waals surface area (Å²) in [5, 5.41) is 9.56. The number of hydrogen-bond acceptors (Lipinski definition) is 2. The highest BCUT2D eigenvalue weighted by Gasteiger charge is 2.42. The summed E-state index contributed by atoms with van der Waals surface area (Å²) in [6, 6.07) is 0. The van der Waals surface area contributed by atoms with Crippen LogP contribution in [0.2, 0.25) is 0 Å². The van der Waals surface area contributed by atoms with E-state index in [4.69, 9.17) is 0 Å². The second-order valence-corrected chi connectivity index (χ2v) is 6.53. The summed E-state index contributed by atoms with van der Waals surface area (Å²) in [5.74, 6) is 0.935. The normalized spacial score (nSPS) is 30.2. The molecule has 1 aliphatic rings. The highest BCUT2D eigenvalue weighted by atomic mass is 16.4. The van der Waals surface area contributed by atoms with Crippen molar-refractivity contribution in [2.75, 3.05) is 13.1 Å². The van der Waals surface area contributed by atoms with E-state index in [-0.39, 0.29) is 0 Å². The molecule has 0 saturated carbocycles. The van der Waals surface area contributed by atoms with Crippen molar-refractivity contribution < 1.29 is 9.90 Å². The van der Waals surface area contributed by atoms with Crippen LogP contribution in [0.5, 0.6) is 0 Å². The molecule has 0 aromatic rings. The summed E-state index contributed by atoms with van der Waals surface area (Å²) >= 11 is 0. The Morgan fingerprint density at radius 3 is 2.18 bits per heavy atom. The van der Waals surface area contributed by atoms with Crippen LogP contribution in [0.3, 0.4) is 0 Å². The number of aliphatic carboxylic acids is 1. The molecule has 17 heavy (non-hydrogen) atoms. The van der Waals surface area contributed by atoms with Gasteiger partial charge in [-0.25, -0.2) is 0 Å². The minimum absolute atomic E-state index is 0.406. The predicted molar refractivity (Wildman–Crippen MR) is 70.0 cm³/mol. The molecule has 0 bridgehead atoms. The van der Waals surface area contributed by atoms with E-state index in [1.165, 1.54) is 6.42 Å². The molecule has 1 heterocycles. The fraction of sp³-hybridized carbons (Fsp3) is 0.929. The van der Waals surface area contributed by atoms with E-state index in [1.54, 1.807) is 0 Å². The first-order valence-corrected chi connectivity index (χ1v) is 6.74. The smallest absolute Gasteiger partial charge is 0.323 e. The van der Waals surface area contributed by atoms with E-state index < -0.39 is 11.5 Å². The molecule has 0 aromatic carbocycles. The summed E-state index contributed by atoms with van der Waals surface area (Å²) in [7, 11) is 0. The van der Waals surface area contributed by atoms with Gasteiger partial charge in [0.15, 0.2) is 0 Å². The monoisotopic (exact) mass is 241 g/mol. The molecule has 1 N–H and O–H groups in total. The minimum Gasteiger partial charge on any atom is -0.480 e. The molecule has 0 amide bonds. The van der Waals surface area contributed by atoms with Gasteiger partial charge in [-0.15, -0.1) is 0 Å². The van der Waals surface area contributed by atoms with Gasteiger partial charge >= 0.3 is 5.97 Å². The topological polar surface area (TPSA) is 40.5 Å². The van der Waals surface area contributed by atoms with Crippen LogP contribution in [0.25, 0.3) is 0 Å². The van der Waals surface area contributed by atoms with Gasteiger partial charge in [0.05, 0.1) is 0 Å². The lowest BCUT2D eigenvalue weighted by Crippen LogP contribution is -2.57. The largest absolute Gasteiger partial charge is 0.480 e. The average Bonchev–Trinajstić information content (AvgIpc) is 2.14. The Labute approximate surface area is 105 Å². The molecule has 3 atom stereocenters. The van der Waals surface area contributed by atoms with E-state index in [1.807, 2.05) is 6.92 Å². The number of carboxylic acid groups (broad SMARTS) is 1. The third kappa shape index (κ3) is 3.44. The molecule has 3 heteroatoms. The summed E-state index contributed by atoms with van der Waals surface area (Å²) in [5.41, 5.74) is -0.697. The molecule has 0 radical (unpaired) electrons. The lowest BCUT2D eigenvalue weighted by molar-refractivity contribution is -0.154. The van der Waals surface area contributed by atoms with E-state index in [9.17, 15) is 9.90 Å². The van der Waals surface area contributed by atoms with Crippen LogP contribution in [-0.2, 0) is 4.79 Å². The average molecular weight is 241 g/mol. The second kappa shape index (κ2) is 5.38. The van der Waals surface area contributed by atoms with E-state index in [0.29, 0.717) is 17.8 Å². The zero-order valence-corrected chi connectivity index (χ0v) is 11.9. The summed E-state index contributed by atoms with van der Waals surface area (Å²) in [6.07, 6.45) is 1.94. The zero-order valence-electron chi connectivity index (χ0n) is 11.9. The van der Waals surface area contributed by atoms with Crippen molar-refractivity contribution in [1.82, 2.24) is 4.90 Å². The van der Waals surface area contributed by atoms with Crippen LogP contribution < -0.4 is 0 Å². The maximum absolute atomic E-state index is 11.6. The summed E-state index contributed by atoms with van der Waals surface area (Å²) in [6.45, 7) is 12.4. The van der Waals surface area contributed by atoms with Gasteiger partial charge in [-0.1, -0.05) is 27.7 Å². The van der Waals surface area contributed by atoms with Gasteiger partial charge in [0.25, 0.3) is 0 Å². The fourth-order valence-corrected chi connectivity index (χ4v) is 3.21. The van der Waals surface area contributed by atoms with Gasteiger partial charge < -0.3 is 5.11 Å². The highest BCUT2D eigenvalue weighted by molar-refractivity contribution is 5.78. The first kappa shape index (κ1) is 14.5. The van der Waals surface area contributed by atoms with Crippen LogP contribution in [-0.4, -0.2) is 34.6 Å². The summed E-state index contributed by atoms with van der Waals surface area (Å²) < 4.78 is 0. The van der Waals surface area contributed by atoms with Crippen LogP contribution in [0.1, 0.15) is 47.5 Å². The minimum atomic E-state index is -0.697. The first-order valence-electron chi connectivity index (χ1n) is 6.74. The lowest BCUT2D eigenvalue weighted by atomic mass is 9.83. The Kier molecular flexibility index (Phi) is 4.59. The molecule has 1 rings (SSSR count). The van der Waals surface area contributed by atoms with Gasteiger partial charge in [-0.2, -0.15) is 0 Å². The Hall–Kier alpha value is -0.570. The molecule has 3 unspecified atom stereocenters. The molecule has 1 aliphatic heterocycles. The quantitative estimate of drug-likeness (QED) is 0.822. The van der Waals surface area contributed by atoms with Crippen molar-refractivity contribution in [3.63, 3.8) is 0 Å². The number of carboxylic acids is 1. The molecular formula is C14H27NO2. The van der Waals surface area contributed by atoms with Gasteiger partial charge in [0.1, 0.15) is 5.54 Å². The van der Waals surface area contributed by atoms with Crippen molar-refractivity contribution in [2.45, 2.75) is 53.0 Å². The van der Waals surface area contributed by atoms with Crippen LogP contribution in [0, 0.1) is 17.8 Å². The van der Waals surface area contributed by atoms with Gasteiger partial charge in [-0.05, 0) is 37.5 Å². The number of carbonyl (C=O) groups is 1. The Morgan fingerprint density at radius 2 is 1.82 bits per heavy atom. The summed E-state index contributed by atoms with van der Waals surface area (Å²) in [4.78, 5) is 13.8. The maximum atomic E-state index is 11.6. The zero-order chi connectivity index (χ0) is 13.2. The first-order chi connectivity index (χ1) is 7.75. The Morgan fingerprint density at radius 1 is 1.35 bits per heavy atom. The van der Waals surface area contributed by atoms with E-state index in [0.717, 1.165) is 19.5 Å². The number of nitrogens with zero attached hydrogens (tertiary/aromatic N) is 1. The van der Waals surface area contributed by atoms with E-state index in [2.05, 4.69) is 32.6 Å². The Bertz CT molecular complexity index is 267. The third-order valence-corrected chi connectivity index (χ3v) is 3.83. The van der Waals surface area contributed by atoms with Crippen molar-refractivity contribution in [1.29, 1.82) is 0 Å². The van der Waals surface area contributed by atoms with Crippen LogP contribution >= 0.6 is 0 Å². The molecule has 1 saturated heterocycles. The van der Waals surface area contributed by atoms with Gasteiger partial charge in [0, 0.05) is 13.1 Å². The molecule has 1 fully saturated rings. The van der Waals surface area contributed by atoms with Crippen molar-refractivity contribution in [3.8, 4) is 0 Å². The fourth-order valence-electron chi connectivity index (χ4n) is 3.21. The van der Waals surface area contributed by atoms with E-state index >= 15 is 0 Å². The SMILES string of the molecule is CC(C)CC(C)(C(=O)O)N1CC(C)CC(C)C1. The maximum Gasteiger partial charge on any atom is 0.323 e. The number of rotatable bonds is 4. The van der Waals surface area contributed by atoms with Crippen molar-refractivity contribution >= 4 is 5.97 Å². The standard InChI is InChI=1S/C14H27NO2/c1-10(2)7-14(5,13(16)17)15-8-11(3)6-12(4)9-15/h10-12H,6-9H2,1-5H3,(H,16,17). The molecule has 0 aromatic heterocycles. The van der Waals surface area contributed by atoms with Crippen LogP contribution in [0.4, 0.5) is 0 Å². The van der Waals surface area contributed by atoms with Crippen molar-refractivity contribution in [2.24, 2.45) is 17.8 Å².